The van der Waals surface area contributed by atoms with E-state index in [1.54, 1.807) is 0 Å². The van der Waals surface area contributed by atoms with Gasteiger partial charge in [0.1, 0.15) is 0 Å². The Morgan fingerprint density at radius 2 is 1.86 bits per heavy atom. The summed E-state index contributed by atoms with van der Waals surface area (Å²) in [5.41, 5.74) is 2.02. The summed E-state index contributed by atoms with van der Waals surface area (Å²) in [6, 6.07) is 8.25. The van der Waals surface area contributed by atoms with E-state index < -0.39 is 0 Å². The fraction of sp³-hybridized carbons (Fsp3) is 0.556. The van der Waals surface area contributed by atoms with Gasteiger partial charge in [0.05, 0.1) is 5.92 Å². The van der Waals surface area contributed by atoms with Crippen molar-refractivity contribution in [3.05, 3.63) is 29.8 Å². The number of nitrogens with zero attached hydrogens (tertiary/aromatic N) is 2. The van der Waals surface area contributed by atoms with Crippen molar-refractivity contribution in [3.63, 3.8) is 0 Å². The zero-order chi connectivity index (χ0) is 16.1. The maximum absolute atomic E-state index is 13.0. The second-order valence-corrected chi connectivity index (χ2v) is 7.47. The highest BCUT2D eigenvalue weighted by Crippen LogP contribution is 2.35. The number of hydrogen-bond donors (Lipinski definition) is 0. The zero-order valence-electron chi connectivity index (χ0n) is 13.8. The average molecular weight is 300 g/mol. The van der Waals surface area contributed by atoms with Crippen LogP contribution in [0.5, 0.6) is 0 Å². The van der Waals surface area contributed by atoms with Crippen LogP contribution in [0.1, 0.15) is 39.7 Å². The van der Waals surface area contributed by atoms with Crippen molar-refractivity contribution in [3.8, 4) is 0 Å². The summed E-state index contributed by atoms with van der Waals surface area (Å²) < 4.78 is 0. The van der Waals surface area contributed by atoms with E-state index in [9.17, 15) is 9.59 Å². The number of benzene rings is 1. The number of carbonyl (C=O) groups is 2. The molecule has 1 saturated heterocycles. The van der Waals surface area contributed by atoms with Crippen molar-refractivity contribution in [1.29, 1.82) is 0 Å². The van der Waals surface area contributed by atoms with Gasteiger partial charge in [-0.25, -0.2) is 0 Å². The molecular weight excluding hydrogens is 276 g/mol. The first-order valence-corrected chi connectivity index (χ1v) is 8.00. The van der Waals surface area contributed by atoms with Crippen LogP contribution in [-0.2, 0) is 16.0 Å². The molecule has 0 spiro atoms. The highest BCUT2D eigenvalue weighted by atomic mass is 16.2. The molecule has 118 valence electrons. The molecule has 3 rings (SSSR count). The van der Waals surface area contributed by atoms with E-state index in [1.165, 1.54) is 5.56 Å². The van der Waals surface area contributed by atoms with Crippen LogP contribution in [0.3, 0.4) is 0 Å². The standard InChI is InChI=1S/C18H24N2O2/c1-12-9-13-7-5-6-8-15(13)20(12)17(22)14-10-16(21)19(11-14)18(2,3)4/h5-8,12,14H,9-11H2,1-4H3/t12-,14+/m1/s1. The number of rotatable bonds is 1. The molecule has 0 bridgehead atoms. The molecule has 0 radical (unpaired) electrons. The summed E-state index contributed by atoms with van der Waals surface area (Å²) >= 11 is 0. The minimum atomic E-state index is -0.222. The quantitative estimate of drug-likeness (QED) is 0.800. The molecule has 1 aromatic carbocycles. The van der Waals surface area contributed by atoms with Crippen molar-refractivity contribution in [2.24, 2.45) is 5.92 Å². The number of amides is 2. The van der Waals surface area contributed by atoms with E-state index in [1.807, 2.05) is 48.8 Å². The Balaban J connectivity index is 1.83. The van der Waals surface area contributed by atoms with Crippen molar-refractivity contribution in [2.45, 2.75) is 52.1 Å². The first-order valence-electron chi connectivity index (χ1n) is 8.00. The molecule has 2 atom stereocenters. The summed E-state index contributed by atoms with van der Waals surface area (Å²) in [5.74, 6) is -0.0381. The Kier molecular flexibility index (Phi) is 3.50. The number of carbonyl (C=O) groups excluding carboxylic acids is 2. The lowest BCUT2D eigenvalue weighted by atomic mass is 10.1. The number of hydrogen-bond acceptors (Lipinski definition) is 2. The maximum atomic E-state index is 13.0. The molecule has 1 aromatic rings. The van der Waals surface area contributed by atoms with Crippen molar-refractivity contribution < 1.29 is 9.59 Å². The van der Waals surface area contributed by atoms with E-state index in [4.69, 9.17) is 0 Å². The second kappa shape index (κ2) is 5.11. The predicted molar refractivity (Wildman–Crippen MR) is 86.7 cm³/mol. The summed E-state index contributed by atoms with van der Waals surface area (Å²) in [6.07, 6.45) is 1.23. The van der Waals surface area contributed by atoms with Gasteiger partial charge in [0.2, 0.25) is 11.8 Å². The van der Waals surface area contributed by atoms with E-state index in [2.05, 4.69) is 13.0 Å². The summed E-state index contributed by atoms with van der Waals surface area (Å²) in [5, 5.41) is 0. The number of likely N-dealkylation sites (tertiary alicyclic amines) is 1. The molecule has 0 unspecified atom stereocenters. The van der Waals surface area contributed by atoms with Crippen LogP contribution in [0, 0.1) is 5.92 Å². The largest absolute Gasteiger partial charge is 0.337 e. The third-order valence-corrected chi connectivity index (χ3v) is 4.73. The molecule has 4 nitrogen and oxygen atoms in total. The van der Waals surface area contributed by atoms with Gasteiger partial charge in [-0.15, -0.1) is 0 Å². The molecule has 2 heterocycles. The first-order chi connectivity index (χ1) is 10.3. The highest BCUT2D eigenvalue weighted by molar-refractivity contribution is 6.01. The molecular formula is C18H24N2O2. The molecule has 0 N–H and O–H groups in total. The van der Waals surface area contributed by atoms with Crippen molar-refractivity contribution >= 4 is 17.5 Å². The SMILES string of the molecule is C[C@@H]1Cc2ccccc2N1C(=O)[C@H]1CC(=O)N(C(C)(C)C)C1. The Labute approximate surface area is 132 Å². The van der Waals surface area contributed by atoms with Gasteiger partial charge in [-0.1, -0.05) is 18.2 Å². The minimum absolute atomic E-state index is 0.0889. The zero-order valence-corrected chi connectivity index (χ0v) is 13.8. The minimum Gasteiger partial charge on any atom is -0.337 e. The van der Waals surface area contributed by atoms with Crippen LogP contribution in [0.25, 0.3) is 0 Å². The third-order valence-electron chi connectivity index (χ3n) is 4.73. The van der Waals surface area contributed by atoms with Gasteiger partial charge in [0.15, 0.2) is 0 Å². The van der Waals surface area contributed by atoms with Crippen molar-refractivity contribution in [1.82, 2.24) is 4.90 Å². The van der Waals surface area contributed by atoms with Crippen molar-refractivity contribution in [2.75, 3.05) is 11.4 Å². The van der Waals surface area contributed by atoms with Gasteiger partial charge in [0.25, 0.3) is 0 Å². The Morgan fingerprint density at radius 1 is 1.18 bits per heavy atom. The molecule has 1 fully saturated rings. The summed E-state index contributed by atoms with van der Waals surface area (Å²) in [7, 11) is 0. The van der Waals surface area contributed by atoms with E-state index >= 15 is 0 Å². The third kappa shape index (κ3) is 2.40. The topological polar surface area (TPSA) is 40.6 Å². The van der Waals surface area contributed by atoms with Gasteiger partial charge in [-0.3, -0.25) is 9.59 Å². The summed E-state index contributed by atoms with van der Waals surface area (Å²) in [4.78, 5) is 29.0. The van der Waals surface area contributed by atoms with Crippen LogP contribution in [0.4, 0.5) is 5.69 Å². The maximum Gasteiger partial charge on any atom is 0.232 e. The lowest BCUT2D eigenvalue weighted by Crippen LogP contribution is -2.44. The molecule has 0 saturated carbocycles. The lowest BCUT2D eigenvalue weighted by molar-refractivity contribution is -0.131. The van der Waals surface area contributed by atoms with Crippen LogP contribution in [0.15, 0.2) is 24.3 Å². The van der Waals surface area contributed by atoms with E-state index in [-0.39, 0.29) is 29.3 Å². The van der Waals surface area contributed by atoms with E-state index in [0.717, 1.165) is 12.1 Å². The van der Waals surface area contributed by atoms with Gasteiger partial charge in [-0.2, -0.15) is 0 Å². The predicted octanol–water partition coefficient (Wildman–Crippen LogP) is 2.61. The Morgan fingerprint density at radius 3 is 2.50 bits per heavy atom. The highest BCUT2D eigenvalue weighted by Gasteiger charge is 2.43. The fourth-order valence-corrected chi connectivity index (χ4v) is 3.62. The second-order valence-electron chi connectivity index (χ2n) is 7.47. The monoisotopic (exact) mass is 300 g/mol. The Hall–Kier alpha value is -1.84. The van der Waals surface area contributed by atoms with Gasteiger partial charge >= 0.3 is 0 Å². The van der Waals surface area contributed by atoms with E-state index in [0.29, 0.717) is 13.0 Å². The normalized spacial score (nSPS) is 24.8. The summed E-state index contributed by atoms with van der Waals surface area (Å²) in [6.45, 7) is 8.67. The number of para-hydroxylation sites is 1. The van der Waals surface area contributed by atoms with Gasteiger partial charge in [-0.05, 0) is 45.7 Å². The lowest BCUT2D eigenvalue weighted by Gasteiger charge is -2.32. The van der Waals surface area contributed by atoms with Gasteiger partial charge < -0.3 is 9.80 Å². The average Bonchev–Trinajstić information content (AvgIpc) is 2.97. The molecule has 0 aliphatic carbocycles. The van der Waals surface area contributed by atoms with Crippen LogP contribution >= 0.6 is 0 Å². The molecule has 0 aromatic heterocycles. The Bertz CT molecular complexity index is 618. The smallest absolute Gasteiger partial charge is 0.232 e. The molecule has 2 amide bonds. The van der Waals surface area contributed by atoms with Crippen LogP contribution in [0.2, 0.25) is 0 Å². The van der Waals surface area contributed by atoms with Crippen LogP contribution in [-0.4, -0.2) is 34.8 Å². The molecule has 2 aliphatic rings. The molecule has 4 heteroatoms. The molecule has 22 heavy (non-hydrogen) atoms. The van der Waals surface area contributed by atoms with Gasteiger partial charge in [0, 0.05) is 30.2 Å². The van der Waals surface area contributed by atoms with Crippen LogP contribution < -0.4 is 4.90 Å². The number of anilines is 1. The first kappa shape index (κ1) is 15.1. The number of fused-ring (bicyclic) bond motifs is 1. The fourth-order valence-electron chi connectivity index (χ4n) is 3.62. The molecule has 2 aliphatic heterocycles.